The molecular weight excluding hydrogens is 204 g/mol. The van der Waals surface area contributed by atoms with Crippen LogP contribution in [0, 0.1) is 12.3 Å². The fourth-order valence-electron chi connectivity index (χ4n) is 1.63. The van der Waals surface area contributed by atoms with Crippen LogP contribution in [-0.4, -0.2) is 17.6 Å². The second-order valence-corrected chi connectivity index (χ2v) is 4.44. The van der Waals surface area contributed by atoms with E-state index in [1.807, 2.05) is 6.92 Å². The fraction of sp³-hybridized carbons (Fsp3) is 0.417. The number of carbonyl (C=O) groups excluding carboxylic acids is 1. The molecule has 1 fully saturated rings. The fourth-order valence-corrected chi connectivity index (χ4v) is 1.63. The van der Waals surface area contributed by atoms with Crippen LogP contribution in [-0.2, 0) is 4.79 Å². The molecule has 86 valence electrons. The van der Waals surface area contributed by atoms with Crippen molar-refractivity contribution >= 4 is 11.6 Å². The summed E-state index contributed by atoms with van der Waals surface area (Å²) in [6.45, 7) is 2.19. The monoisotopic (exact) mass is 220 g/mol. The minimum Gasteiger partial charge on any atom is -0.508 e. The Morgan fingerprint density at radius 2 is 2.25 bits per heavy atom. The van der Waals surface area contributed by atoms with E-state index in [9.17, 15) is 9.90 Å². The number of benzene rings is 1. The molecule has 1 aliphatic rings. The molecule has 0 atom stereocenters. The summed E-state index contributed by atoms with van der Waals surface area (Å²) in [5.74, 6) is 0.147. The highest BCUT2D eigenvalue weighted by molar-refractivity contribution is 5.97. The van der Waals surface area contributed by atoms with Crippen molar-refractivity contribution in [2.75, 3.05) is 11.9 Å². The first-order chi connectivity index (χ1) is 7.57. The van der Waals surface area contributed by atoms with Crippen LogP contribution in [0.25, 0.3) is 0 Å². The van der Waals surface area contributed by atoms with Gasteiger partial charge in [0, 0.05) is 18.3 Å². The summed E-state index contributed by atoms with van der Waals surface area (Å²) < 4.78 is 0. The molecule has 16 heavy (non-hydrogen) atoms. The van der Waals surface area contributed by atoms with Gasteiger partial charge < -0.3 is 16.2 Å². The van der Waals surface area contributed by atoms with Crippen molar-refractivity contribution in [2.45, 2.75) is 19.8 Å². The molecule has 4 heteroatoms. The normalized spacial score (nSPS) is 16.9. The molecule has 0 radical (unpaired) electrons. The average molecular weight is 220 g/mol. The summed E-state index contributed by atoms with van der Waals surface area (Å²) in [6, 6.07) is 5.10. The molecule has 1 saturated carbocycles. The van der Waals surface area contributed by atoms with E-state index < -0.39 is 0 Å². The van der Waals surface area contributed by atoms with Crippen molar-refractivity contribution in [2.24, 2.45) is 11.1 Å². The van der Waals surface area contributed by atoms with E-state index in [1.165, 1.54) is 0 Å². The predicted octanol–water partition coefficient (Wildman–Crippen LogP) is 1.38. The van der Waals surface area contributed by atoms with Crippen molar-refractivity contribution in [1.82, 2.24) is 0 Å². The molecule has 0 spiro atoms. The lowest BCUT2D eigenvalue weighted by molar-refractivity contribution is -0.120. The van der Waals surface area contributed by atoms with Crippen LogP contribution in [0.4, 0.5) is 5.69 Å². The number of carbonyl (C=O) groups is 1. The third kappa shape index (κ3) is 1.88. The molecule has 1 aromatic rings. The van der Waals surface area contributed by atoms with E-state index in [-0.39, 0.29) is 17.1 Å². The van der Waals surface area contributed by atoms with Gasteiger partial charge in [-0.3, -0.25) is 4.79 Å². The molecule has 4 nitrogen and oxygen atoms in total. The van der Waals surface area contributed by atoms with E-state index in [1.54, 1.807) is 18.2 Å². The average Bonchev–Trinajstić information content (AvgIpc) is 3.04. The number of hydrogen-bond acceptors (Lipinski definition) is 3. The topological polar surface area (TPSA) is 75.4 Å². The summed E-state index contributed by atoms with van der Waals surface area (Å²) in [6.07, 6.45) is 1.71. The Kier molecular flexibility index (Phi) is 2.59. The maximum absolute atomic E-state index is 11.9. The summed E-state index contributed by atoms with van der Waals surface area (Å²) in [4.78, 5) is 11.9. The molecule has 1 aromatic carbocycles. The zero-order chi connectivity index (χ0) is 11.8. The van der Waals surface area contributed by atoms with Gasteiger partial charge in [0.05, 0.1) is 5.41 Å². The van der Waals surface area contributed by atoms with Crippen molar-refractivity contribution in [3.63, 3.8) is 0 Å². The number of aryl methyl sites for hydroxylation is 1. The first-order valence-electron chi connectivity index (χ1n) is 5.38. The molecule has 0 unspecified atom stereocenters. The Labute approximate surface area is 94.5 Å². The van der Waals surface area contributed by atoms with Gasteiger partial charge in [-0.05, 0) is 31.4 Å². The largest absolute Gasteiger partial charge is 0.508 e. The van der Waals surface area contributed by atoms with E-state index in [0.717, 1.165) is 18.4 Å². The second-order valence-electron chi connectivity index (χ2n) is 4.44. The van der Waals surface area contributed by atoms with Crippen molar-refractivity contribution in [3.05, 3.63) is 23.8 Å². The quantitative estimate of drug-likeness (QED) is 0.720. The number of aromatic hydroxyl groups is 1. The third-order valence-electron chi connectivity index (χ3n) is 3.19. The number of amides is 1. The third-order valence-corrected chi connectivity index (χ3v) is 3.19. The molecule has 0 heterocycles. The van der Waals surface area contributed by atoms with Gasteiger partial charge in [-0.25, -0.2) is 0 Å². The van der Waals surface area contributed by atoms with E-state index in [2.05, 4.69) is 5.32 Å². The predicted molar refractivity (Wildman–Crippen MR) is 62.2 cm³/mol. The molecule has 0 bridgehead atoms. The van der Waals surface area contributed by atoms with Crippen molar-refractivity contribution in [1.29, 1.82) is 0 Å². The molecular formula is C12H16N2O2. The highest BCUT2D eigenvalue weighted by atomic mass is 16.3. The molecule has 1 aliphatic carbocycles. The molecule has 0 aromatic heterocycles. The molecule has 1 amide bonds. The minimum absolute atomic E-state index is 0.0433. The van der Waals surface area contributed by atoms with Gasteiger partial charge >= 0.3 is 0 Å². The van der Waals surface area contributed by atoms with Crippen LogP contribution in [0.2, 0.25) is 0 Å². The first kappa shape index (κ1) is 11.0. The number of nitrogens with one attached hydrogen (secondary N) is 1. The highest BCUT2D eigenvalue weighted by Gasteiger charge is 2.48. The number of hydrogen-bond donors (Lipinski definition) is 3. The lowest BCUT2D eigenvalue weighted by Crippen LogP contribution is -2.30. The van der Waals surface area contributed by atoms with Crippen LogP contribution >= 0.6 is 0 Å². The van der Waals surface area contributed by atoms with Crippen LogP contribution in [0.5, 0.6) is 5.75 Å². The van der Waals surface area contributed by atoms with E-state index >= 15 is 0 Å². The minimum atomic E-state index is -0.361. The Bertz CT molecular complexity index is 425. The zero-order valence-corrected chi connectivity index (χ0v) is 9.29. The number of phenols is 1. The summed E-state index contributed by atoms with van der Waals surface area (Å²) in [7, 11) is 0. The first-order valence-corrected chi connectivity index (χ1v) is 5.38. The smallest absolute Gasteiger partial charge is 0.231 e. The summed E-state index contributed by atoms with van der Waals surface area (Å²) in [5, 5.41) is 12.3. The van der Waals surface area contributed by atoms with Gasteiger partial charge in [-0.2, -0.15) is 0 Å². The lowest BCUT2D eigenvalue weighted by atomic mass is 10.1. The Morgan fingerprint density at radius 1 is 1.56 bits per heavy atom. The number of nitrogens with two attached hydrogens (primary N) is 1. The standard InChI is InChI=1S/C12H16N2O2/c1-8-2-3-9(6-10(8)15)14-11(16)12(7-13)4-5-12/h2-3,6,15H,4-5,7,13H2,1H3,(H,14,16). The summed E-state index contributed by atoms with van der Waals surface area (Å²) in [5.41, 5.74) is 6.61. The zero-order valence-electron chi connectivity index (χ0n) is 9.29. The molecule has 0 aliphatic heterocycles. The van der Waals surface area contributed by atoms with Crippen LogP contribution in [0.1, 0.15) is 18.4 Å². The Morgan fingerprint density at radius 3 is 2.75 bits per heavy atom. The van der Waals surface area contributed by atoms with Gasteiger partial charge in [-0.15, -0.1) is 0 Å². The van der Waals surface area contributed by atoms with Gasteiger partial charge in [0.25, 0.3) is 0 Å². The van der Waals surface area contributed by atoms with E-state index in [0.29, 0.717) is 12.2 Å². The maximum atomic E-state index is 11.9. The number of anilines is 1. The van der Waals surface area contributed by atoms with Crippen LogP contribution in [0.3, 0.4) is 0 Å². The molecule has 4 N–H and O–H groups in total. The molecule has 2 rings (SSSR count). The highest BCUT2D eigenvalue weighted by Crippen LogP contribution is 2.45. The van der Waals surface area contributed by atoms with Gasteiger partial charge in [0.2, 0.25) is 5.91 Å². The van der Waals surface area contributed by atoms with Crippen LogP contribution < -0.4 is 11.1 Å². The SMILES string of the molecule is Cc1ccc(NC(=O)C2(CN)CC2)cc1O. The van der Waals surface area contributed by atoms with Crippen molar-refractivity contribution in [3.8, 4) is 5.75 Å². The van der Waals surface area contributed by atoms with Gasteiger partial charge in [0.1, 0.15) is 5.75 Å². The lowest BCUT2D eigenvalue weighted by Gasteiger charge is -2.13. The summed E-state index contributed by atoms with van der Waals surface area (Å²) >= 11 is 0. The second kappa shape index (κ2) is 3.79. The maximum Gasteiger partial charge on any atom is 0.231 e. The Hall–Kier alpha value is -1.55. The number of rotatable bonds is 3. The van der Waals surface area contributed by atoms with E-state index in [4.69, 9.17) is 5.73 Å². The Balaban J connectivity index is 2.09. The van der Waals surface area contributed by atoms with Crippen LogP contribution in [0.15, 0.2) is 18.2 Å². The number of phenolic OH excluding ortho intramolecular Hbond substituents is 1. The van der Waals surface area contributed by atoms with Gasteiger partial charge in [0.15, 0.2) is 0 Å². The van der Waals surface area contributed by atoms with Crippen molar-refractivity contribution < 1.29 is 9.90 Å². The van der Waals surface area contributed by atoms with Gasteiger partial charge in [-0.1, -0.05) is 6.07 Å². The molecule has 0 saturated heterocycles.